The average Bonchev–Trinajstić information content (AvgIpc) is 2.83. The predicted molar refractivity (Wildman–Crippen MR) is 58.6 cm³/mol. The van der Waals surface area contributed by atoms with E-state index in [4.69, 9.17) is 4.74 Å². The van der Waals surface area contributed by atoms with Crippen molar-refractivity contribution in [2.45, 2.75) is 32.2 Å². The van der Waals surface area contributed by atoms with Crippen molar-refractivity contribution in [2.75, 3.05) is 13.2 Å². The molecular formula is C12H17NO3. The van der Waals surface area contributed by atoms with Crippen LogP contribution in [0.4, 0.5) is 0 Å². The van der Waals surface area contributed by atoms with E-state index in [0.717, 1.165) is 19.3 Å². The number of hydrogen-bond acceptors (Lipinski definition) is 3. The zero-order chi connectivity index (χ0) is 11.5. The number of unbranched alkanes of at least 4 members (excludes halogenated alkanes) is 1. The first-order chi connectivity index (χ1) is 7.72. The maximum atomic E-state index is 11.7. The quantitative estimate of drug-likeness (QED) is 0.398. The first kappa shape index (κ1) is 11.2. The van der Waals surface area contributed by atoms with E-state index in [1.54, 1.807) is 4.90 Å². The Kier molecular flexibility index (Phi) is 3.27. The molecule has 2 unspecified atom stereocenters. The van der Waals surface area contributed by atoms with Crippen LogP contribution in [0.25, 0.3) is 0 Å². The molecule has 0 spiro atoms. The van der Waals surface area contributed by atoms with Gasteiger partial charge in [0.1, 0.15) is 6.54 Å². The van der Waals surface area contributed by atoms with Gasteiger partial charge in [0.25, 0.3) is 0 Å². The van der Waals surface area contributed by atoms with Gasteiger partial charge >= 0.3 is 5.97 Å². The van der Waals surface area contributed by atoms with Crippen molar-refractivity contribution in [1.29, 1.82) is 0 Å². The number of rotatable bonds is 5. The van der Waals surface area contributed by atoms with Gasteiger partial charge in [-0.1, -0.05) is 25.5 Å². The number of carbonyl (C=O) groups is 2. The number of hydrogen-bond donors (Lipinski definition) is 0. The van der Waals surface area contributed by atoms with Crippen LogP contribution in [0.1, 0.15) is 26.2 Å². The second-order valence-electron chi connectivity index (χ2n) is 4.33. The number of esters is 1. The van der Waals surface area contributed by atoms with Gasteiger partial charge in [-0.15, -0.1) is 0 Å². The van der Waals surface area contributed by atoms with Crippen molar-refractivity contribution in [2.24, 2.45) is 5.92 Å². The van der Waals surface area contributed by atoms with Crippen LogP contribution in [0.5, 0.6) is 0 Å². The second-order valence-corrected chi connectivity index (χ2v) is 4.33. The molecule has 0 aromatic rings. The molecule has 4 heteroatoms. The Bertz CT molecular complexity index is 324. The highest BCUT2D eigenvalue weighted by Gasteiger charge is 2.41. The van der Waals surface area contributed by atoms with Crippen molar-refractivity contribution in [3.8, 4) is 0 Å². The largest absolute Gasteiger partial charge is 0.464 e. The molecule has 2 bridgehead atoms. The molecule has 4 nitrogen and oxygen atoms in total. The zero-order valence-electron chi connectivity index (χ0n) is 9.52. The molecule has 0 N–H and O–H groups in total. The minimum Gasteiger partial charge on any atom is -0.464 e. The number of likely N-dealkylation sites (tertiary alicyclic amines) is 1. The fourth-order valence-electron chi connectivity index (χ4n) is 2.18. The zero-order valence-corrected chi connectivity index (χ0v) is 9.52. The number of nitrogens with zero attached hydrogens (tertiary/aromatic N) is 1. The first-order valence-corrected chi connectivity index (χ1v) is 5.86. The Morgan fingerprint density at radius 2 is 2.38 bits per heavy atom. The molecule has 2 atom stereocenters. The molecule has 1 aliphatic carbocycles. The van der Waals surface area contributed by atoms with E-state index in [1.807, 2.05) is 19.1 Å². The lowest BCUT2D eigenvalue weighted by atomic mass is 10.1. The summed E-state index contributed by atoms with van der Waals surface area (Å²) in [6, 6.07) is 0.122. The van der Waals surface area contributed by atoms with E-state index in [2.05, 4.69) is 0 Å². The summed E-state index contributed by atoms with van der Waals surface area (Å²) in [6.07, 6.45) is 6.66. The minimum atomic E-state index is -0.289. The molecule has 1 saturated heterocycles. The van der Waals surface area contributed by atoms with Crippen molar-refractivity contribution in [1.82, 2.24) is 4.90 Å². The van der Waals surface area contributed by atoms with Crippen LogP contribution >= 0.6 is 0 Å². The maximum Gasteiger partial charge on any atom is 0.325 e. The smallest absolute Gasteiger partial charge is 0.325 e. The summed E-state index contributed by atoms with van der Waals surface area (Å²) in [5, 5.41) is 0. The van der Waals surface area contributed by atoms with Crippen LogP contribution in [0.3, 0.4) is 0 Å². The lowest BCUT2D eigenvalue weighted by Gasteiger charge is -2.22. The van der Waals surface area contributed by atoms with Crippen molar-refractivity contribution in [3.05, 3.63) is 12.2 Å². The van der Waals surface area contributed by atoms with Crippen LogP contribution in [0.15, 0.2) is 12.2 Å². The molecule has 2 aliphatic rings. The van der Waals surface area contributed by atoms with Gasteiger partial charge in [0, 0.05) is 0 Å². The number of carbonyl (C=O) groups excluding carboxylic acids is 2. The highest BCUT2D eigenvalue weighted by Crippen LogP contribution is 2.32. The predicted octanol–water partition coefficient (Wildman–Crippen LogP) is 1.12. The molecule has 0 radical (unpaired) electrons. The Morgan fingerprint density at radius 3 is 3.00 bits per heavy atom. The van der Waals surface area contributed by atoms with Crippen molar-refractivity contribution >= 4 is 11.9 Å². The van der Waals surface area contributed by atoms with Crippen molar-refractivity contribution in [3.63, 3.8) is 0 Å². The van der Waals surface area contributed by atoms with Crippen LogP contribution < -0.4 is 0 Å². The lowest BCUT2D eigenvalue weighted by Crippen LogP contribution is -2.39. The second kappa shape index (κ2) is 4.68. The summed E-state index contributed by atoms with van der Waals surface area (Å²) in [5.41, 5.74) is 0. The standard InChI is InChI=1S/C12H17NO3/c1-2-3-6-16-11(14)8-13-10-5-4-9(7-10)12(13)15/h4-5,9-10H,2-3,6-8H2,1H3. The molecule has 1 amide bonds. The third kappa shape index (κ3) is 2.10. The summed E-state index contributed by atoms with van der Waals surface area (Å²) >= 11 is 0. The molecule has 16 heavy (non-hydrogen) atoms. The molecular weight excluding hydrogens is 206 g/mol. The fraction of sp³-hybridized carbons (Fsp3) is 0.667. The van der Waals surface area contributed by atoms with E-state index >= 15 is 0 Å². The molecule has 0 saturated carbocycles. The van der Waals surface area contributed by atoms with Gasteiger partial charge in [-0.3, -0.25) is 9.59 Å². The number of ether oxygens (including phenoxy) is 1. The summed E-state index contributed by atoms with van der Waals surface area (Å²) in [7, 11) is 0. The summed E-state index contributed by atoms with van der Waals surface area (Å²) < 4.78 is 5.04. The molecule has 1 heterocycles. The normalized spacial score (nSPS) is 26.6. The molecule has 1 aliphatic heterocycles. The molecule has 1 fully saturated rings. The number of amides is 1. The van der Waals surface area contributed by atoms with Crippen molar-refractivity contribution < 1.29 is 14.3 Å². The van der Waals surface area contributed by atoms with Crippen LogP contribution in [-0.2, 0) is 14.3 Å². The van der Waals surface area contributed by atoms with E-state index < -0.39 is 0 Å². The molecule has 88 valence electrons. The Hall–Kier alpha value is -1.32. The lowest BCUT2D eigenvalue weighted by molar-refractivity contribution is -0.149. The molecule has 0 aromatic heterocycles. The fourth-order valence-corrected chi connectivity index (χ4v) is 2.18. The summed E-state index contributed by atoms with van der Waals surface area (Å²) in [4.78, 5) is 24.8. The summed E-state index contributed by atoms with van der Waals surface area (Å²) in [6.45, 7) is 2.61. The minimum absolute atomic E-state index is 0.00782. The van der Waals surface area contributed by atoms with E-state index in [9.17, 15) is 9.59 Å². The number of fused-ring (bicyclic) bond motifs is 2. The topological polar surface area (TPSA) is 46.6 Å². The van der Waals surface area contributed by atoms with E-state index in [1.165, 1.54) is 0 Å². The highest BCUT2D eigenvalue weighted by atomic mass is 16.5. The highest BCUT2D eigenvalue weighted by molar-refractivity contribution is 5.88. The summed E-state index contributed by atoms with van der Waals surface area (Å²) in [5.74, 6) is -0.212. The van der Waals surface area contributed by atoms with Crippen LogP contribution in [0, 0.1) is 5.92 Å². The third-order valence-electron chi connectivity index (χ3n) is 3.12. The van der Waals surface area contributed by atoms with Gasteiger partial charge in [-0.25, -0.2) is 0 Å². The van der Waals surface area contributed by atoms with Gasteiger partial charge < -0.3 is 9.64 Å². The Morgan fingerprint density at radius 1 is 1.56 bits per heavy atom. The molecule has 0 aromatic carbocycles. The van der Waals surface area contributed by atoms with E-state index in [-0.39, 0.29) is 30.4 Å². The average molecular weight is 223 g/mol. The first-order valence-electron chi connectivity index (χ1n) is 5.86. The Labute approximate surface area is 95.2 Å². The van der Waals surface area contributed by atoms with Gasteiger partial charge in [-0.2, -0.15) is 0 Å². The SMILES string of the molecule is CCCCOC(=O)CN1C(=O)C2C=CC1C2. The Balaban J connectivity index is 1.79. The van der Waals surface area contributed by atoms with E-state index in [0.29, 0.717) is 6.61 Å². The molecule has 2 rings (SSSR count). The maximum absolute atomic E-state index is 11.7. The van der Waals surface area contributed by atoms with Crippen LogP contribution in [-0.4, -0.2) is 36.0 Å². The van der Waals surface area contributed by atoms with Gasteiger partial charge in [0.15, 0.2) is 0 Å². The van der Waals surface area contributed by atoms with Gasteiger partial charge in [0.05, 0.1) is 18.6 Å². The van der Waals surface area contributed by atoms with Gasteiger partial charge in [0.2, 0.25) is 5.91 Å². The third-order valence-corrected chi connectivity index (χ3v) is 3.12. The van der Waals surface area contributed by atoms with Gasteiger partial charge in [-0.05, 0) is 12.8 Å². The monoisotopic (exact) mass is 223 g/mol. The van der Waals surface area contributed by atoms with Crippen LogP contribution in [0.2, 0.25) is 0 Å².